The number of aryl methyl sites for hydroxylation is 1. The Kier molecular flexibility index (Phi) is 4.26. The molecule has 1 aromatic rings. The van der Waals surface area contributed by atoms with Crippen LogP contribution in [0.3, 0.4) is 0 Å². The first kappa shape index (κ1) is 13.4. The van der Waals surface area contributed by atoms with E-state index in [1.807, 2.05) is 13.0 Å². The largest absolute Gasteiger partial charge is 0.370 e. The quantitative estimate of drug-likeness (QED) is 0.832. The van der Waals surface area contributed by atoms with Crippen LogP contribution in [0.4, 0.5) is 5.82 Å². The third-order valence-electron chi connectivity index (χ3n) is 4.04. The Morgan fingerprint density at radius 1 is 1.28 bits per heavy atom. The number of nitrogens with one attached hydrogen (secondary N) is 1. The highest BCUT2D eigenvalue weighted by Crippen LogP contribution is 2.43. The first-order valence-electron chi connectivity index (χ1n) is 7.27. The zero-order valence-electron chi connectivity index (χ0n) is 12.0. The number of hydrogen-bond donors (Lipinski definition) is 1. The van der Waals surface area contributed by atoms with Crippen LogP contribution >= 0.6 is 0 Å². The zero-order chi connectivity index (χ0) is 13.0. The van der Waals surface area contributed by atoms with Gasteiger partial charge in [0.1, 0.15) is 5.82 Å². The fourth-order valence-corrected chi connectivity index (χ4v) is 3.36. The van der Waals surface area contributed by atoms with E-state index < -0.39 is 0 Å². The zero-order valence-corrected chi connectivity index (χ0v) is 12.0. The number of pyridine rings is 1. The van der Waals surface area contributed by atoms with Crippen LogP contribution in [0.5, 0.6) is 0 Å². The van der Waals surface area contributed by atoms with Gasteiger partial charge >= 0.3 is 0 Å². The van der Waals surface area contributed by atoms with E-state index in [9.17, 15) is 0 Å². The van der Waals surface area contributed by atoms with Crippen LogP contribution in [0, 0.1) is 18.3 Å². The standard InChI is InChI=1S/C16H26N2/c1-13(2)11-16(9-4-5-10-16)12-17-15-8-6-7-14(3)18-15/h6-8,13H,4-5,9-12H2,1-3H3,(H,17,18). The molecule has 0 amide bonds. The van der Waals surface area contributed by atoms with Crippen LogP contribution in [-0.4, -0.2) is 11.5 Å². The van der Waals surface area contributed by atoms with Crippen molar-refractivity contribution in [1.29, 1.82) is 0 Å². The number of anilines is 1. The molecular weight excluding hydrogens is 220 g/mol. The smallest absolute Gasteiger partial charge is 0.126 e. The number of rotatable bonds is 5. The molecule has 1 N–H and O–H groups in total. The van der Waals surface area contributed by atoms with Gasteiger partial charge in [-0.2, -0.15) is 0 Å². The fraction of sp³-hybridized carbons (Fsp3) is 0.688. The maximum atomic E-state index is 4.53. The molecular formula is C16H26N2. The molecule has 2 nitrogen and oxygen atoms in total. The van der Waals surface area contributed by atoms with Crippen molar-refractivity contribution in [3.63, 3.8) is 0 Å². The average molecular weight is 246 g/mol. The average Bonchev–Trinajstić information content (AvgIpc) is 2.75. The maximum absolute atomic E-state index is 4.53. The molecule has 0 atom stereocenters. The van der Waals surface area contributed by atoms with Crippen molar-refractivity contribution in [2.75, 3.05) is 11.9 Å². The number of hydrogen-bond acceptors (Lipinski definition) is 2. The lowest BCUT2D eigenvalue weighted by atomic mass is 9.78. The van der Waals surface area contributed by atoms with Gasteiger partial charge in [0.25, 0.3) is 0 Å². The lowest BCUT2D eigenvalue weighted by molar-refractivity contribution is 0.252. The lowest BCUT2D eigenvalue weighted by Gasteiger charge is -2.31. The third-order valence-corrected chi connectivity index (χ3v) is 4.04. The van der Waals surface area contributed by atoms with E-state index in [0.29, 0.717) is 5.41 Å². The molecule has 1 aliphatic carbocycles. The van der Waals surface area contributed by atoms with Crippen LogP contribution < -0.4 is 5.32 Å². The topological polar surface area (TPSA) is 24.9 Å². The van der Waals surface area contributed by atoms with Gasteiger partial charge in [-0.25, -0.2) is 4.98 Å². The molecule has 0 spiro atoms. The summed E-state index contributed by atoms with van der Waals surface area (Å²) < 4.78 is 0. The van der Waals surface area contributed by atoms with Crippen LogP contribution in [-0.2, 0) is 0 Å². The van der Waals surface area contributed by atoms with Crippen molar-refractivity contribution in [1.82, 2.24) is 4.98 Å². The molecule has 2 rings (SSSR count). The van der Waals surface area contributed by atoms with Crippen LogP contribution in [0.25, 0.3) is 0 Å². The molecule has 1 fully saturated rings. The molecule has 0 aliphatic heterocycles. The summed E-state index contributed by atoms with van der Waals surface area (Å²) in [5.41, 5.74) is 1.60. The van der Waals surface area contributed by atoms with E-state index in [0.717, 1.165) is 24.0 Å². The van der Waals surface area contributed by atoms with Crippen LogP contribution in [0.15, 0.2) is 18.2 Å². The Balaban J connectivity index is 1.97. The van der Waals surface area contributed by atoms with E-state index in [-0.39, 0.29) is 0 Å². The Morgan fingerprint density at radius 3 is 2.61 bits per heavy atom. The Bertz CT molecular complexity index is 378. The molecule has 0 bridgehead atoms. The highest BCUT2D eigenvalue weighted by Gasteiger charge is 2.34. The summed E-state index contributed by atoms with van der Waals surface area (Å²) in [4.78, 5) is 4.53. The highest BCUT2D eigenvalue weighted by atomic mass is 15.0. The first-order chi connectivity index (χ1) is 8.60. The molecule has 100 valence electrons. The second-order valence-electron chi connectivity index (χ2n) is 6.32. The molecule has 1 aromatic heterocycles. The summed E-state index contributed by atoms with van der Waals surface area (Å²) in [5, 5.41) is 3.56. The highest BCUT2D eigenvalue weighted by molar-refractivity contribution is 5.35. The second-order valence-corrected chi connectivity index (χ2v) is 6.32. The van der Waals surface area contributed by atoms with Crippen molar-refractivity contribution < 1.29 is 0 Å². The van der Waals surface area contributed by atoms with Gasteiger partial charge in [-0.3, -0.25) is 0 Å². The third kappa shape index (κ3) is 3.47. The first-order valence-corrected chi connectivity index (χ1v) is 7.27. The van der Waals surface area contributed by atoms with Gasteiger partial charge in [0.2, 0.25) is 0 Å². The SMILES string of the molecule is Cc1cccc(NCC2(CC(C)C)CCCC2)n1. The predicted molar refractivity (Wildman–Crippen MR) is 77.8 cm³/mol. The lowest BCUT2D eigenvalue weighted by Crippen LogP contribution is -2.28. The van der Waals surface area contributed by atoms with Gasteiger partial charge in [0, 0.05) is 12.2 Å². The summed E-state index contributed by atoms with van der Waals surface area (Å²) in [6.07, 6.45) is 6.89. The van der Waals surface area contributed by atoms with E-state index in [1.165, 1.54) is 32.1 Å². The number of nitrogens with zero attached hydrogens (tertiary/aromatic N) is 1. The molecule has 18 heavy (non-hydrogen) atoms. The Hall–Kier alpha value is -1.05. The summed E-state index contributed by atoms with van der Waals surface area (Å²) in [5.74, 6) is 1.82. The van der Waals surface area contributed by atoms with E-state index >= 15 is 0 Å². The van der Waals surface area contributed by atoms with Crippen LogP contribution in [0.1, 0.15) is 51.6 Å². The molecule has 2 heteroatoms. The van der Waals surface area contributed by atoms with Crippen LogP contribution in [0.2, 0.25) is 0 Å². The minimum absolute atomic E-state index is 0.513. The Morgan fingerprint density at radius 2 is 2.00 bits per heavy atom. The van der Waals surface area contributed by atoms with Gasteiger partial charge in [0.05, 0.1) is 0 Å². The summed E-state index contributed by atoms with van der Waals surface area (Å²) in [6.45, 7) is 7.81. The van der Waals surface area contributed by atoms with Crippen molar-refractivity contribution in [2.24, 2.45) is 11.3 Å². The van der Waals surface area contributed by atoms with Gasteiger partial charge in [-0.05, 0) is 49.7 Å². The predicted octanol–water partition coefficient (Wildman–Crippen LogP) is 4.41. The number of aromatic nitrogens is 1. The molecule has 1 aliphatic rings. The van der Waals surface area contributed by atoms with Gasteiger partial charge in [-0.15, -0.1) is 0 Å². The molecule has 1 saturated carbocycles. The maximum Gasteiger partial charge on any atom is 0.126 e. The minimum Gasteiger partial charge on any atom is -0.370 e. The van der Waals surface area contributed by atoms with Crippen molar-refractivity contribution >= 4 is 5.82 Å². The van der Waals surface area contributed by atoms with Gasteiger partial charge in [0.15, 0.2) is 0 Å². The molecule has 1 heterocycles. The van der Waals surface area contributed by atoms with E-state index in [4.69, 9.17) is 0 Å². The Labute approximate surface area is 111 Å². The van der Waals surface area contributed by atoms with Crippen molar-refractivity contribution in [3.05, 3.63) is 23.9 Å². The van der Waals surface area contributed by atoms with E-state index in [1.54, 1.807) is 0 Å². The van der Waals surface area contributed by atoms with Crippen molar-refractivity contribution in [3.8, 4) is 0 Å². The molecule has 0 radical (unpaired) electrons. The monoisotopic (exact) mass is 246 g/mol. The second kappa shape index (κ2) is 5.73. The molecule has 0 saturated heterocycles. The summed E-state index contributed by atoms with van der Waals surface area (Å²) in [6, 6.07) is 6.20. The summed E-state index contributed by atoms with van der Waals surface area (Å²) >= 11 is 0. The normalized spacial score (nSPS) is 18.2. The molecule has 0 aromatic carbocycles. The molecule has 0 unspecified atom stereocenters. The van der Waals surface area contributed by atoms with Gasteiger partial charge < -0.3 is 5.32 Å². The van der Waals surface area contributed by atoms with Gasteiger partial charge in [-0.1, -0.05) is 32.8 Å². The summed E-state index contributed by atoms with van der Waals surface area (Å²) in [7, 11) is 0. The minimum atomic E-state index is 0.513. The fourth-order valence-electron chi connectivity index (χ4n) is 3.36. The van der Waals surface area contributed by atoms with Crippen molar-refractivity contribution in [2.45, 2.75) is 52.9 Å². The van der Waals surface area contributed by atoms with E-state index in [2.05, 4.69) is 36.3 Å².